The summed E-state index contributed by atoms with van der Waals surface area (Å²) in [7, 11) is 0. The Balaban J connectivity index is 1.37. The number of aliphatic hydroxyl groups is 1. The number of benzene rings is 2. The molecule has 1 atom stereocenters. The van der Waals surface area contributed by atoms with Crippen molar-refractivity contribution in [2.45, 2.75) is 18.9 Å². The van der Waals surface area contributed by atoms with Crippen LogP contribution < -0.4 is 10.1 Å². The smallest absolute Gasteiger partial charge is 0.317 e. The second-order valence-electron chi connectivity index (χ2n) is 6.57. The molecule has 1 aliphatic rings. The van der Waals surface area contributed by atoms with E-state index in [0.717, 1.165) is 24.2 Å². The van der Waals surface area contributed by atoms with Crippen molar-refractivity contribution in [2.24, 2.45) is 5.92 Å². The Morgan fingerprint density at radius 2 is 1.69 bits per heavy atom. The average Bonchev–Trinajstić information content (AvgIpc) is 2.72. The van der Waals surface area contributed by atoms with Crippen molar-refractivity contribution in [3.63, 3.8) is 0 Å². The number of hydrogen-bond acceptors (Lipinski definition) is 3. The average molecular weight is 354 g/mol. The van der Waals surface area contributed by atoms with Gasteiger partial charge < -0.3 is 20.1 Å². The molecule has 2 aromatic rings. The lowest BCUT2D eigenvalue weighted by Crippen LogP contribution is -2.46. The first-order chi connectivity index (χ1) is 12.7. The van der Waals surface area contributed by atoms with Crippen LogP contribution in [0.3, 0.4) is 0 Å². The minimum Gasteiger partial charge on any atom is -0.492 e. The maximum Gasteiger partial charge on any atom is 0.317 e. The molecule has 3 rings (SSSR count). The molecule has 1 unspecified atom stereocenters. The molecule has 1 heterocycles. The Morgan fingerprint density at radius 3 is 2.35 bits per heavy atom. The number of aliphatic hydroxyl groups excluding tert-OH is 1. The number of likely N-dealkylation sites (tertiary alicyclic amines) is 1. The second-order valence-corrected chi connectivity index (χ2v) is 6.57. The van der Waals surface area contributed by atoms with Gasteiger partial charge in [0.1, 0.15) is 12.4 Å². The van der Waals surface area contributed by atoms with Gasteiger partial charge >= 0.3 is 6.03 Å². The summed E-state index contributed by atoms with van der Waals surface area (Å²) in [5, 5.41) is 13.4. The molecule has 5 heteroatoms. The topological polar surface area (TPSA) is 61.8 Å². The van der Waals surface area contributed by atoms with Crippen LogP contribution in [0.25, 0.3) is 0 Å². The summed E-state index contributed by atoms with van der Waals surface area (Å²) in [6.07, 6.45) is 1.16. The van der Waals surface area contributed by atoms with Crippen molar-refractivity contribution in [3.05, 3.63) is 66.2 Å². The number of amides is 2. The van der Waals surface area contributed by atoms with Gasteiger partial charge in [-0.2, -0.15) is 0 Å². The maximum atomic E-state index is 12.3. The van der Waals surface area contributed by atoms with Crippen LogP contribution in [-0.2, 0) is 0 Å². The van der Waals surface area contributed by atoms with E-state index in [9.17, 15) is 9.90 Å². The molecule has 0 spiro atoms. The SMILES string of the molecule is O=C(NCCOc1ccccc1)N1CCC(C(O)c2ccccc2)CC1. The molecule has 0 aliphatic carbocycles. The summed E-state index contributed by atoms with van der Waals surface area (Å²) in [5.41, 5.74) is 0.952. The summed E-state index contributed by atoms with van der Waals surface area (Å²) in [6.45, 7) is 2.25. The van der Waals surface area contributed by atoms with Crippen molar-refractivity contribution in [3.8, 4) is 5.75 Å². The summed E-state index contributed by atoms with van der Waals surface area (Å²) in [5.74, 6) is 1.00. The number of nitrogens with zero attached hydrogens (tertiary/aromatic N) is 1. The number of urea groups is 1. The van der Waals surface area contributed by atoms with Crippen molar-refractivity contribution in [1.29, 1.82) is 0 Å². The standard InChI is InChI=1S/C21H26N2O3/c24-20(17-7-3-1-4-8-17)18-11-14-23(15-12-18)21(25)22-13-16-26-19-9-5-2-6-10-19/h1-10,18,20,24H,11-16H2,(H,22,25). The molecule has 1 saturated heterocycles. The first-order valence-electron chi connectivity index (χ1n) is 9.17. The monoisotopic (exact) mass is 354 g/mol. The molecule has 2 N–H and O–H groups in total. The van der Waals surface area contributed by atoms with Gasteiger partial charge in [-0.05, 0) is 36.5 Å². The number of carbonyl (C=O) groups excluding carboxylic acids is 1. The third kappa shape index (κ3) is 4.99. The highest BCUT2D eigenvalue weighted by molar-refractivity contribution is 5.74. The lowest BCUT2D eigenvalue weighted by atomic mass is 9.87. The van der Waals surface area contributed by atoms with Gasteiger partial charge in [-0.3, -0.25) is 0 Å². The fourth-order valence-corrected chi connectivity index (χ4v) is 3.30. The number of para-hydroxylation sites is 1. The first kappa shape index (κ1) is 18.3. The molecule has 1 aliphatic heterocycles. The van der Waals surface area contributed by atoms with Gasteiger partial charge in [-0.1, -0.05) is 48.5 Å². The van der Waals surface area contributed by atoms with Gasteiger partial charge in [0.2, 0.25) is 0 Å². The second kappa shape index (κ2) is 9.25. The van der Waals surface area contributed by atoms with Crippen LogP contribution in [0.4, 0.5) is 4.79 Å². The van der Waals surface area contributed by atoms with E-state index >= 15 is 0 Å². The van der Waals surface area contributed by atoms with Crippen LogP contribution in [0.5, 0.6) is 5.75 Å². The van der Waals surface area contributed by atoms with Crippen LogP contribution >= 0.6 is 0 Å². The number of carbonyl (C=O) groups is 1. The zero-order chi connectivity index (χ0) is 18.2. The summed E-state index contributed by atoms with van der Waals surface area (Å²) < 4.78 is 5.57. The number of hydrogen-bond donors (Lipinski definition) is 2. The molecule has 0 radical (unpaired) electrons. The summed E-state index contributed by atoms with van der Waals surface area (Å²) in [4.78, 5) is 14.1. The van der Waals surface area contributed by atoms with Gasteiger partial charge in [0.05, 0.1) is 12.6 Å². The van der Waals surface area contributed by atoms with E-state index in [1.807, 2.05) is 65.6 Å². The lowest BCUT2D eigenvalue weighted by Gasteiger charge is -2.34. The highest BCUT2D eigenvalue weighted by atomic mass is 16.5. The van der Waals surface area contributed by atoms with Gasteiger partial charge in [-0.25, -0.2) is 4.79 Å². The van der Waals surface area contributed by atoms with E-state index in [1.165, 1.54) is 0 Å². The minimum absolute atomic E-state index is 0.0608. The van der Waals surface area contributed by atoms with Crippen molar-refractivity contribution in [1.82, 2.24) is 10.2 Å². The fraction of sp³-hybridized carbons (Fsp3) is 0.381. The number of ether oxygens (including phenoxy) is 1. The molecule has 1 fully saturated rings. The maximum absolute atomic E-state index is 12.3. The van der Waals surface area contributed by atoms with E-state index in [1.54, 1.807) is 0 Å². The fourth-order valence-electron chi connectivity index (χ4n) is 3.30. The number of piperidine rings is 1. The van der Waals surface area contributed by atoms with E-state index < -0.39 is 6.10 Å². The molecule has 0 bridgehead atoms. The Bertz CT molecular complexity index is 670. The van der Waals surface area contributed by atoms with Crippen molar-refractivity contribution >= 4 is 6.03 Å². The quantitative estimate of drug-likeness (QED) is 0.783. The Hall–Kier alpha value is -2.53. The van der Waals surface area contributed by atoms with E-state index in [0.29, 0.717) is 26.2 Å². The molecular formula is C21H26N2O3. The minimum atomic E-state index is -0.458. The van der Waals surface area contributed by atoms with Crippen LogP contribution in [0.2, 0.25) is 0 Å². The van der Waals surface area contributed by atoms with E-state index in [4.69, 9.17) is 4.74 Å². The lowest BCUT2D eigenvalue weighted by molar-refractivity contribution is 0.0664. The molecule has 26 heavy (non-hydrogen) atoms. The van der Waals surface area contributed by atoms with Gasteiger partial charge in [-0.15, -0.1) is 0 Å². The molecular weight excluding hydrogens is 328 g/mol. The Labute approximate surface area is 154 Å². The highest BCUT2D eigenvalue weighted by Crippen LogP contribution is 2.30. The number of rotatable bonds is 6. The largest absolute Gasteiger partial charge is 0.492 e. The molecule has 2 amide bonds. The van der Waals surface area contributed by atoms with Gasteiger partial charge in [0, 0.05) is 13.1 Å². The zero-order valence-corrected chi connectivity index (χ0v) is 14.9. The van der Waals surface area contributed by atoms with Gasteiger partial charge in [0.25, 0.3) is 0 Å². The van der Waals surface area contributed by atoms with E-state index in [2.05, 4.69) is 5.32 Å². The molecule has 0 aromatic heterocycles. The third-order valence-corrected chi connectivity index (χ3v) is 4.80. The number of nitrogens with one attached hydrogen (secondary N) is 1. The zero-order valence-electron chi connectivity index (χ0n) is 14.9. The summed E-state index contributed by atoms with van der Waals surface area (Å²) >= 11 is 0. The van der Waals surface area contributed by atoms with Crippen molar-refractivity contribution in [2.75, 3.05) is 26.2 Å². The predicted octanol–water partition coefficient (Wildman–Crippen LogP) is 3.22. The first-order valence-corrected chi connectivity index (χ1v) is 9.17. The normalized spacial score (nSPS) is 16.1. The van der Waals surface area contributed by atoms with Crippen LogP contribution in [0, 0.1) is 5.92 Å². The third-order valence-electron chi connectivity index (χ3n) is 4.80. The molecule has 0 saturated carbocycles. The van der Waals surface area contributed by atoms with Gasteiger partial charge in [0.15, 0.2) is 0 Å². The molecule has 5 nitrogen and oxygen atoms in total. The molecule has 2 aromatic carbocycles. The Morgan fingerprint density at radius 1 is 1.08 bits per heavy atom. The summed E-state index contributed by atoms with van der Waals surface area (Å²) in [6, 6.07) is 19.2. The molecule has 138 valence electrons. The van der Waals surface area contributed by atoms with Crippen LogP contribution in [0.1, 0.15) is 24.5 Å². The van der Waals surface area contributed by atoms with Crippen LogP contribution in [-0.4, -0.2) is 42.3 Å². The predicted molar refractivity (Wildman–Crippen MR) is 101 cm³/mol. The van der Waals surface area contributed by atoms with Crippen LogP contribution in [0.15, 0.2) is 60.7 Å². The van der Waals surface area contributed by atoms with E-state index in [-0.39, 0.29) is 11.9 Å². The Kier molecular flexibility index (Phi) is 6.50. The highest BCUT2D eigenvalue weighted by Gasteiger charge is 2.28. The van der Waals surface area contributed by atoms with Crippen molar-refractivity contribution < 1.29 is 14.6 Å².